The lowest BCUT2D eigenvalue weighted by Crippen LogP contribution is -2.18. The summed E-state index contributed by atoms with van der Waals surface area (Å²) in [6.07, 6.45) is 0. The molecular formula is C12H19NOS. The number of nitrogens with two attached hydrogens (primary N) is 1. The molecule has 0 aliphatic heterocycles. The zero-order valence-corrected chi connectivity index (χ0v) is 10.2. The summed E-state index contributed by atoms with van der Waals surface area (Å²) in [5, 5.41) is 0. The van der Waals surface area contributed by atoms with E-state index in [0.717, 1.165) is 5.56 Å². The maximum absolute atomic E-state index is 11.7. The average Bonchev–Trinajstić information content (AvgIpc) is 2.21. The molecule has 15 heavy (non-hydrogen) atoms. The van der Waals surface area contributed by atoms with Crippen LogP contribution >= 0.6 is 0 Å². The first kappa shape index (κ1) is 12.4. The van der Waals surface area contributed by atoms with Gasteiger partial charge in [0.25, 0.3) is 0 Å². The van der Waals surface area contributed by atoms with Gasteiger partial charge in [-0.1, -0.05) is 36.8 Å². The first-order valence-corrected chi connectivity index (χ1v) is 6.71. The van der Waals surface area contributed by atoms with E-state index in [-0.39, 0.29) is 0 Å². The Morgan fingerprint density at radius 2 is 1.93 bits per heavy atom. The Bertz CT molecular complexity index is 321. The van der Waals surface area contributed by atoms with Crippen molar-refractivity contribution >= 4 is 10.8 Å². The van der Waals surface area contributed by atoms with Crippen LogP contribution in [0.25, 0.3) is 0 Å². The zero-order valence-electron chi connectivity index (χ0n) is 9.40. The van der Waals surface area contributed by atoms with E-state index in [0.29, 0.717) is 24.0 Å². The van der Waals surface area contributed by atoms with E-state index in [1.54, 1.807) is 0 Å². The van der Waals surface area contributed by atoms with Gasteiger partial charge >= 0.3 is 0 Å². The maximum atomic E-state index is 11.7. The van der Waals surface area contributed by atoms with Crippen molar-refractivity contribution < 1.29 is 4.21 Å². The largest absolute Gasteiger partial charge is 0.330 e. The van der Waals surface area contributed by atoms with E-state index in [4.69, 9.17) is 5.73 Å². The molecule has 2 N–H and O–H groups in total. The standard InChI is InChI=1S/C12H19NOS/c1-10-3-5-12(6-4-10)9-15(14)8-11(2)7-13/h3-6,11H,7-9,13H2,1-2H3. The van der Waals surface area contributed by atoms with Gasteiger partial charge in [0.1, 0.15) is 0 Å². The molecule has 2 nitrogen and oxygen atoms in total. The molecule has 84 valence electrons. The van der Waals surface area contributed by atoms with Crippen molar-refractivity contribution in [2.45, 2.75) is 19.6 Å². The van der Waals surface area contributed by atoms with E-state index < -0.39 is 10.8 Å². The van der Waals surface area contributed by atoms with Gasteiger partial charge in [0.05, 0.1) is 0 Å². The molecule has 1 aromatic rings. The van der Waals surface area contributed by atoms with Crippen LogP contribution in [0.4, 0.5) is 0 Å². The van der Waals surface area contributed by atoms with Crippen LogP contribution in [0.1, 0.15) is 18.1 Å². The molecule has 0 heterocycles. The van der Waals surface area contributed by atoms with Gasteiger partial charge in [-0.05, 0) is 24.9 Å². The predicted molar refractivity (Wildman–Crippen MR) is 66.1 cm³/mol. The van der Waals surface area contributed by atoms with Crippen LogP contribution in [0.5, 0.6) is 0 Å². The molecule has 0 saturated heterocycles. The Labute approximate surface area is 94.3 Å². The summed E-state index contributed by atoms with van der Waals surface area (Å²) in [6.45, 7) is 4.70. The summed E-state index contributed by atoms with van der Waals surface area (Å²) < 4.78 is 11.7. The van der Waals surface area contributed by atoms with Crippen molar-refractivity contribution in [3.63, 3.8) is 0 Å². The van der Waals surface area contributed by atoms with Crippen molar-refractivity contribution in [2.24, 2.45) is 11.7 Å². The summed E-state index contributed by atoms with van der Waals surface area (Å²) in [6, 6.07) is 8.19. The summed E-state index contributed by atoms with van der Waals surface area (Å²) in [4.78, 5) is 0. The van der Waals surface area contributed by atoms with Gasteiger partial charge in [-0.25, -0.2) is 0 Å². The first-order valence-electron chi connectivity index (χ1n) is 5.22. The summed E-state index contributed by atoms with van der Waals surface area (Å²) >= 11 is 0. The van der Waals surface area contributed by atoms with Gasteiger partial charge in [0.2, 0.25) is 0 Å². The smallest absolute Gasteiger partial charge is 0.0485 e. The van der Waals surface area contributed by atoms with E-state index in [2.05, 4.69) is 19.1 Å². The number of hydrogen-bond acceptors (Lipinski definition) is 2. The molecule has 0 aliphatic carbocycles. The topological polar surface area (TPSA) is 43.1 Å². The van der Waals surface area contributed by atoms with Crippen molar-refractivity contribution in [1.29, 1.82) is 0 Å². The fourth-order valence-electron chi connectivity index (χ4n) is 1.31. The van der Waals surface area contributed by atoms with Crippen molar-refractivity contribution in [2.75, 3.05) is 12.3 Å². The predicted octanol–water partition coefficient (Wildman–Crippen LogP) is 1.84. The molecule has 0 bridgehead atoms. The molecule has 3 heteroatoms. The first-order chi connectivity index (χ1) is 7.11. The third kappa shape index (κ3) is 4.58. The molecule has 1 rings (SSSR count). The lowest BCUT2D eigenvalue weighted by Gasteiger charge is -2.08. The van der Waals surface area contributed by atoms with Crippen LogP contribution in [-0.4, -0.2) is 16.5 Å². The second-order valence-corrected chi connectivity index (χ2v) is 5.58. The van der Waals surface area contributed by atoms with Gasteiger partial charge < -0.3 is 5.73 Å². The van der Waals surface area contributed by atoms with E-state index in [9.17, 15) is 4.21 Å². The van der Waals surface area contributed by atoms with E-state index in [1.165, 1.54) is 5.56 Å². The zero-order chi connectivity index (χ0) is 11.3. The Morgan fingerprint density at radius 3 is 2.47 bits per heavy atom. The SMILES string of the molecule is Cc1ccc(CS(=O)CC(C)CN)cc1. The van der Waals surface area contributed by atoms with Gasteiger partial charge in [0, 0.05) is 22.3 Å². The Kier molecular flexibility index (Phi) is 4.99. The van der Waals surface area contributed by atoms with Crippen molar-refractivity contribution in [1.82, 2.24) is 0 Å². The summed E-state index contributed by atoms with van der Waals surface area (Å²) in [5.41, 5.74) is 7.88. The molecule has 0 spiro atoms. The van der Waals surface area contributed by atoms with Gasteiger partial charge in [-0.2, -0.15) is 0 Å². The second-order valence-electron chi connectivity index (χ2n) is 4.08. The van der Waals surface area contributed by atoms with Crippen LogP contribution in [0, 0.1) is 12.8 Å². The highest BCUT2D eigenvalue weighted by molar-refractivity contribution is 7.84. The Hall–Kier alpha value is -0.670. The third-order valence-electron chi connectivity index (χ3n) is 2.32. The molecule has 2 unspecified atom stereocenters. The monoisotopic (exact) mass is 225 g/mol. The van der Waals surface area contributed by atoms with E-state index in [1.807, 2.05) is 19.1 Å². The molecule has 0 radical (unpaired) electrons. The van der Waals surface area contributed by atoms with Crippen LogP contribution in [0.15, 0.2) is 24.3 Å². The quantitative estimate of drug-likeness (QED) is 0.831. The van der Waals surface area contributed by atoms with Crippen LogP contribution in [0.2, 0.25) is 0 Å². The maximum Gasteiger partial charge on any atom is 0.0485 e. The number of hydrogen-bond donors (Lipinski definition) is 1. The number of benzene rings is 1. The second kappa shape index (κ2) is 6.03. The third-order valence-corrected chi connectivity index (χ3v) is 3.92. The highest BCUT2D eigenvalue weighted by atomic mass is 32.2. The van der Waals surface area contributed by atoms with Crippen LogP contribution in [-0.2, 0) is 16.6 Å². The highest BCUT2D eigenvalue weighted by Gasteiger charge is 2.06. The molecule has 0 amide bonds. The Morgan fingerprint density at radius 1 is 1.33 bits per heavy atom. The minimum atomic E-state index is -0.788. The number of aryl methyl sites for hydroxylation is 1. The van der Waals surface area contributed by atoms with Crippen LogP contribution < -0.4 is 5.73 Å². The Balaban J connectivity index is 2.48. The van der Waals surface area contributed by atoms with Crippen molar-refractivity contribution in [3.05, 3.63) is 35.4 Å². The summed E-state index contributed by atoms with van der Waals surface area (Å²) in [7, 11) is -0.788. The molecule has 2 atom stereocenters. The molecule has 0 saturated carbocycles. The molecule has 0 fully saturated rings. The molecular weight excluding hydrogens is 206 g/mol. The minimum Gasteiger partial charge on any atom is -0.330 e. The van der Waals surface area contributed by atoms with Crippen LogP contribution in [0.3, 0.4) is 0 Å². The van der Waals surface area contributed by atoms with Gasteiger partial charge in [-0.15, -0.1) is 0 Å². The van der Waals surface area contributed by atoms with Gasteiger partial charge in [-0.3, -0.25) is 4.21 Å². The molecule has 0 aromatic heterocycles. The average molecular weight is 225 g/mol. The van der Waals surface area contributed by atoms with Crippen molar-refractivity contribution in [3.8, 4) is 0 Å². The fourth-order valence-corrected chi connectivity index (χ4v) is 2.77. The lowest BCUT2D eigenvalue weighted by atomic mass is 10.2. The number of rotatable bonds is 5. The molecule has 1 aromatic carbocycles. The van der Waals surface area contributed by atoms with E-state index >= 15 is 0 Å². The lowest BCUT2D eigenvalue weighted by molar-refractivity contribution is 0.640. The van der Waals surface area contributed by atoms with Gasteiger partial charge in [0.15, 0.2) is 0 Å². The minimum absolute atomic E-state index is 0.344. The fraction of sp³-hybridized carbons (Fsp3) is 0.500. The normalized spacial score (nSPS) is 14.9. The molecule has 0 aliphatic rings. The summed E-state index contributed by atoms with van der Waals surface area (Å²) in [5.74, 6) is 1.69. The highest BCUT2D eigenvalue weighted by Crippen LogP contribution is 2.07.